The lowest BCUT2D eigenvalue weighted by Crippen LogP contribution is -2.05. The van der Waals surface area contributed by atoms with Crippen LogP contribution < -0.4 is 0 Å². The first-order valence-electron chi connectivity index (χ1n) is 7.90. The molecule has 0 amide bonds. The number of aryl methyl sites for hydroxylation is 2. The fraction of sp³-hybridized carbons (Fsp3) is 0.300. The summed E-state index contributed by atoms with van der Waals surface area (Å²) in [6.45, 7) is 0. The van der Waals surface area contributed by atoms with Crippen molar-refractivity contribution in [2.45, 2.75) is 25.7 Å². The molecule has 0 bridgehead atoms. The Morgan fingerprint density at radius 2 is 1.08 bits per heavy atom. The molecule has 0 saturated carbocycles. The highest BCUT2D eigenvalue weighted by Crippen LogP contribution is 2.13. The summed E-state index contributed by atoms with van der Waals surface area (Å²) in [5.41, 5.74) is 4.27. The van der Waals surface area contributed by atoms with E-state index in [9.17, 15) is 9.59 Å². The molecule has 24 heavy (non-hydrogen) atoms. The van der Waals surface area contributed by atoms with Crippen LogP contribution in [0.1, 0.15) is 22.3 Å². The number of ether oxygens (including phenoxy) is 2. The number of hydrogen-bond acceptors (Lipinski definition) is 4. The minimum Gasteiger partial charge on any atom is -0.469 e. The van der Waals surface area contributed by atoms with Gasteiger partial charge in [0.05, 0.1) is 27.1 Å². The van der Waals surface area contributed by atoms with E-state index >= 15 is 0 Å². The third kappa shape index (κ3) is 5.54. The third-order valence-electron chi connectivity index (χ3n) is 3.84. The molecule has 0 aromatic heterocycles. The number of methoxy groups -OCH3 is 2. The molecular formula is C20H22O4. The molecule has 0 radical (unpaired) electrons. The second kappa shape index (κ2) is 8.87. The molecule has 0 heterocycles. The van der Waals surface area contributed by atoms with Gasteiger partial charge >= 0.3 is 11.9 Å². The number of benzene rings is 2. The second-order valence-electron chi connectivity index (χ2n) is 5.65. The summed E-state index contributed by atoms with van der Waals surface area (Å²) < 4.78 is 9.40. The lowest BCUT2D eigenvalue weighted by Gasteiger charge is -2.07. The van der Waals surface area contributed by atoms with Gasteiger partial charge in [0, 0.05) is 0 Å². The quantitative estimate of drug-likeness (QED) is 0.734. The minimum atomic E-state index is -0.234. The summed E-state index contributed by atoms with van der Waals surface area (Å²) in [7, 11) is 2.79. The van der Waals surface area contributed by atoms with E-state index < -0.39 is 0 Å². The summed E-state index contributed by atoms with van der Waals surface area (Å²) in [5, 5.41) is 0. The van der Waals surface area contributed by atoms with Crippen LogP contribution in [-0.2, 0) is 44.7 Å². The van der Waals surface area contributed by atoms with E-state index in [4.69, 9.17) is 9.47 Å². The van der Waals surface area contributed by atoms with Crippen LogP contribution in [0.5, 0.6) is 0 Å². The first kappa shape index (κ1) is 17.7. The number of rotatable bonds is 7. The molecule has 0 fully saturated rings. The van der Waals surface area contributed by atoms with Crippen LogP contribution in [0.2, 0.25) is 0 Å². The van der Waals surface area contributed by atoms with Crippen LogP contribution in [0.3, 0.4) is 0 Å². The van der Waals surface area contributed by atoms with E-state index in [1.165, 1.54) is 25.3 Å². The molecule has 4 heteroatoms. The first-order chi connectivity index (χ1) is 11.6. The predicted octanol–water partition coefficient (Wildman–Crippen LogP) is 2.90. The molecule has 2 aromatic rings. The zero-order chi connectivity index (χ0) is 17.4. The predicted molar refractivity (Wildman–Crippen MR) is 91.7 cm³/mol. The Balaban J connectivity index is 1.98. The summed E-state index contributed by atoms with van der Waals surface area (Å²) in [4.78, 5) is 22.7. The van der Waals surface area contributed by atoms with Gasteiger partial charge < -0.3 is 9.47 Å². The van der Waals surface area contributed by atoms with Crippen LogP contribution in [0.25, 0.3) is 0 Å². The van der Waals surface area contributed by atoms with Crippen LogP contribution >= 0.6 is 0 Å². The molecule has 4 nitrogen and oxygen atoms in total. The van der Waals surface area contributed by atoms with Gasteiger partial charge in [0.2, 0.25) is 0 Å². The van der Waals surface area contributed by atoms with Gasteiger partial charge in [-0.2, -0.15) is 0 Å². The van der Waals surface area contributed by atoms with Crippen molar-refractivity contribution in [3.63, 3.8) is 0 Å². The van der Waals surface area contributed by atoms with Gasteiger partial charge in [0.25, 0.3) is 0 Å². The van der Waals surface area contributed by atoms with E-state index in [0.29, 0.717) is 12.8 Å². The van der Waals surface area contributed by atoms with Crippen LogP contribution in [0, 0.1) is 0 Å². The molecule has 0 spiro atoms. The number of hydrogen-bond donors (Lipinski definition) is 0. The molecule has 2 aromatic carbocycles. The second-order valence-corrected chi connectivity index (χ2v) is 5.65. The maximum atomic E-state index is 11.4. The standard InChI is InChI=1S/C20H22O4/c1-23-19(21)13-17-7-3-5-15(11-17)9-10-16-6-4-8-18(12-16)14-20(22)24-2/h3-8,11-12H,9-10,13-14H2,1-2H3. The van der Waals surface area contributed by atoms with Gasteiger partial charge in [-0.15, -0.1) is 0 Å². The molecule has 0 aliphatic rings. The number of carbonyl (C=O) groups is 2. The molecule has 0 aliphatic carbocycles. The Morgan fingerprint density at radius 3 is 1.46 bits per heavy atom. The van der Waals surface area contributed by atoms with Crippen molar-refractivity contribution in [3.8, 4) is 0 Å². The summed E-state index contributed by atoms with van der Waals surface area (Å²) >= 11 is 0. The van der Waals surface area contributed by atoms with Crippen LogP contribution in [0.4, 0.5) is 0 Å². The Morgan fingerprint density at radius 1 is 0.708 bits per heavy atom. The number of carbonyl (C=O) groups excluding carboxylic acids is 2. The van der Waals surface area contributed by atoms with E-state index in [-0.39, 0.29) is 11.9 Å². The highest BCUT2D eigenvalue weighted by atomic mass is 16.5. The molecule has 0 atom stereocenters. The van der Waals surface area contributed by atoms with Crippen molar-refractivity contribution in [1.82, 2.24) is 0 Å². The topological polar surface area (TPSA) is 52.6 Å². The Kier molecular flexibility index (Phi) is 6.55. The van der Waals surface area contributed by atoms with Crippen molar-refractivity contribution in [2.75, 3.05) is 14.2 Å². The lowest BCUT2D eigenvalue weighted by atomic mass is 10.00. The maximum Gasteiger partial charge on any atom is 0.309 e. The van der Waals surface area contributed by atoms with Crippen molar-refractivity contribution < 1.29 is 19.1 Å². The van der Waals surface area contributed by atoms with Crippen molar-refractivity contribution >= 4 is 11.9 Å². The molecule has 0 N–H and O–H groups in total. The van der Waals surface area contributed by atoms with E-state index in [0.717, 1.165) is 24.0 Å². The molecular weight excluding hydrogens is 304 g/mol. The minimum absolute atomic E-state index is 0.234. The Bertz CT molecular complexity index is 645. The number of esters is 2. The smallest absolute Gasteiger partial charge is 0.309 e. The van der Waals surface area contributed by atoms with Crippen molar-refractivity contribution in [1.29, 1.82) is 0 Å². The van der Waals surface area contributed by atoms with Gasteiger partial charge in [0.1, 0.15) is 0 Å². The van der Waals surface area contributed by atoms with Gasteiger partial charge in [-0.25, -0.2) is 0 Å². The summed E-state index contributed by atoms with van der Waals surface area (Å²) in [6.07, 6.45) is 2.32. The average molecular weight is 326 g/mol. The van der Waals surface area contributed by atoms with Crippen LogP contribution in [-0.4, -0.2) is 26.2 Å². The first-order valence-corrected chi connectivity index (χ1v) is 7.90. The van der Waals surface area contributed by atoms with Crippen molar-refractivity contribution in [2.24, 2.45) is 0 Å². The monoisotopic (exact) mass is 326 g/mol. The maximum absolute atomic E-state index is 11.4. The van der Waals surface area contributed by atoms with E-state index in [2.05, 4.69) is 12.1 Å². The SMILES string of the molecule is COC(=O)Cc1cccc(CCc2cccc(CC(=O)OC)c2)c1. The molecule has 0 aliphatic heterocycles. The van der Waals surface area contributed by atoms with E-state index in [1.807, 2.05) is 36.4 Å². The van der Waals surface area contributed by atoms with Crippen LogP contribution in [0.15, 0.2) is 48.5 Å². The van der Waals surface area contributed by atoms with Gasteiger partial charge in [-0.05, 0) is 35.1 Å². The summed E-state index contributed by atoms with van der Waals surface area (Å²) in [5.74, 6) is -0.467. The fourth-order valence-corrected chi connectivity index (χ4v) is 2.56. The molecule has 0 unspecified atom stereocenters. The summed E-state index contributed by atoms with van der Waals surface area (Å²) in [6, 6.07) is 16.0. The Labute approximate surface area is 142 Å². The zero-order valence-electron chi connectivity index (χ0n) is 14.1. The molecule has 2 rings (SSSR count). The molecule has 126 valence electrons. The fourth-order valence-electron chi connectivity index (χ4n) is 2.56. The van der Waals surface area contributed by atoms with Gasteiger partial charge in [-0.1, -0.05) is 48.5 Å². The van der Waals surface area contributed by atoms with Gasteiger partial charge in [0.15, 0.2) is 0 Å². The normalized spacial score (nSPS) is 10.2. The highest BCUT2D eigenvalue weighted by molar-refractivity contribution is 5.72. The van der Waals surface area contributed by atoms with E-state index in [1.54, 1.807) is 0 Å². The highest BCUT2D eigenvalue weighted by Gasteiger charge is 2.06. The zero-order valence-corrected chi connectivity index (χ0v) is 14.1. The van der Waals surface area contributed by atoms with Gasteiger partial charge in [-0.3, -0.25) is 9.59 Å². The lowest BCUT2D eigenvalue weighted by molar-refractivity contribution is -0.140. The third-order valence-corrected chi connectivity index (χ3v) is 3.84. The molecule has 0 saturated heterocycles. The average Bonchev–Trinajstić information content (AvgIpc) is 2.60. The van der Waals surface area contributed by atoms with Crippen molar-refractivity contribution in [3.05, 3.63) is 70.8 Å². The Hall–Kier alpha value is -2.62. The largest absolute Gasteiger partial charge is 0.469 e.